The number of nitrogen functional groups attached to an aromatic ring is 1. The van der Waals surface area contributed by atoms with Crippen LogP contribution in [0, 0.1) is 6.92 Å². The summed E-state index contributed by atoms with van der Waals surface area (Å²) < 4.78 is 6.52. The lowest BCUT2D eigenvalue weighted by Gasteiger charge is -2.06. The van der Waals surface area contributed by atoms with Crippen molar-refractivity contribution in [1.82, 2.24) is 19.7 Å². The normalized spacial score (nSPS) is 10.4. The lowest BCUT2D eigenvalue weighted by Crippen LogP contribution is -2.08. The molecule has 2 aromatic heterocycles. The number of hydrogen-bond acceptors (Lipinski definition) is 6. The Bertz CT molecular complexity index is 610. The summed E-state index contributed by atoms with van der Waals surface area (Å²) in [5.41, 5.74) is 6.43. The highest BCUT2D eigenvalue weighted by Gasteiger charge is 2.13. The number of ether oxygens (including phenoxy) is 1. The van der Waals surface area contributed by atoms with Gasteiger partial charge < -0.3 is 10.5 Å². The summed E-state index contributed by atoms with van der Waals surface area (Å²) in [6.45, 7) is 1.71. The Morgan fingerprint density at radius 2 is 2.17 bits per heavy atom. The first-order chi connectivity index (χ1) is 8.52. The molecule has 0 atom stereocenters. The third-order valence-electron chi connectivity index (χ3n) is 2.28. The third-order valence-corrected chi connectivity index (χ3v) is 2.79. The number of carbonyl (C=O) groups excluding carboxylic acids is 1. The van der Waals surface area contributed by atoms with E-state index in [1.807, 2.05) is 0 Å². The van der Waals surface area contributed by atoms with Crippen LogP contribution in [0.1, 0.15) is 16.1 Å². The maximum absolute atomic E-state index is 11.4. The van der Waals surface area contributed by atoms with Gasteiger partial charge in [0.05, 0.1) is 18.4 Å². The molecule has 2 N–H and O–H groups in total. The van der Waals surface area contributed by atoms with Crippen LogP contribution < -0.4 is 5.73 Å². The first-order valence-electron chi connectivity index (χ1n) is 4.97. The van der Waals surface area contributed by atoms with E-state index in [1.54, 1.807) is 19.1 Å². The lowest BCUT2D eigenvalue weighted by atomic mass is 10.2. The smallest absolute Gasteiger partial charge is 0.339 e. The summed E-state index contributed by atoms with van der Waals surface area (Å²) >= 11 is 3.22. The van der Waals surface area contributed by atoms with Crippen molar-refractivity contribution < 1.29 is 9.53 Å². The zero-order valence-corrected chi connectivity index (χ0v) is 11.3. The molecule has 18 heavy (non-hydrogen) atoms. The van der Waals surface area contributed by atoms with Gasteiger partial charge in [-0.2, -0.15) is 9.67 Å². The molecule has 2 aromatic rings. The van der Waals surface area contributed by atoms with Gasteiger partial charge in [-0.25, -0.2) is 9.78 Å². The first-order valence-corrected chi connectivity index (χ1v) is 5.76. The Kier molecular flexibility index (Phi) is 3.28. The van der Waals surface area contributed by atoms with E-state index in [1.165, 1.54) is 11.8 Å². The van der Waals surface area contributed by atoms with Gasteiger partial charge in [0.25, 0.3) is 0 Å². The second-order valence-electron chi connectivity index (χ2n) is 3.44. The standard InChI is InChI=1S/C10H10BrN5O2/c1-5-6(8(17)18-2)3-4-7(13-5)16-9(11)14-10(12)15-16/h3-4H,1-2H3,(H2,12,15). The van der Waals surface area contributed by atoms with Crippen LogP contribution in [0.3, 0.4) is 0 Å². The average Bonchev–Trinajstić information content (AvgIpc) is 2.67. The fraction of sp³-hybridized carbons (Fsp3) is 0.200. The molecule has 2 rings (SSSR count). The molecule has 0 aromatic carbocycles. The molecule has 2 heterocycles. The number of rotatable bonds is 2. The van der Waals surface area contributed by atoms with Crippen LogP contribution in [0.2, 0.25) is 0 Å². The molecule has 0 saturated carbocycles. The fourth-order valence-electron chi connectivity index (χ4n) is 1.45. The summed E-state index contributed by atoms with van der Waals surface area (Å²) in [4.78, 5) is 19.6. The number of aromatic nitrogens is 4. The van der Waals surface area contributed by atoms with Crippen LogP contribution in [0.15, 0.2) is 16.9 Å². The number of esters is 1. The van der Waals surface area contributed by atoms with Gasteiger partial charge in [-0.05, 0) is 35.0 Å². The third kappa shape index (κ3) is 2.19. The number of pyridine rings is 1. The molecule has 8 heteroatoms. The molecule has 0 amide bonds. The van der Waals surface area contributed by atoms with Crippen LogP contribution in [-0.2, 0) is 4.74 Å². The maximum atomic E-state index is 11.4. The number of nitrogens with zero attached hydrogens (tertiary/aromatic N) is 4. The average molecular weight is 312 g/mol. The molecule has 7 nitrogen and oxygen atoms in total. The highest BCUT2D eigenvalue weighted by atomic mass is 79.9. The molecule has 0 radical (unpaired) electrons. The van der Waals surface area contributed by atoms with E-state index in [0.29, 0.717) is 21.8 Å². The molecule has 0 aliphatic rings. The van der Waals surface area contributed by atoms with E-state index >= 15 is 0 Å². The topological polar surface area (TPSA) is 95.9 Å². The van der Waals surface area contributed by atoms with E-state index < -0.39 is 5.97 Å². The maximum Gasteiger partial charge on any atom is 0.339 e. The molecular formula is C10H10BrN5O2. The zero-order valence-electron chi connectivity index (χ0n) is 9.72. The van der Waals surface area contributed by atoms with E-state index in [0.717, 1.165) is 0 Å². The predicted molar refractivity (Wildman–Crippen MR) is 67.3 cm³/mol. The Morgan fingerprint density at radius 1 is 1.44 bits per heavy atom. The van der Waals surface area contributed by atoms with Gasteiger partial charge in [0.15, 0.2) is 5.82 Å². The van der Waals surface area contributed by atoms with Gasteiger partial charge >= 0.3 is 5.97 Å². The van der Waals surface area contributed by atoms with Crippen molar-refractivity contribution in [2.75, 3.05) is 12.8 Å². The Morgan fingerprint density at radius 3 is 2.67 bits per heavy atom. The van der Waals surface area contributed by atoms with Crippen molar-refractivity contribution in [3.63, 3.8) is 0 Å². The minimum atomic E-state index is -0.427. The summed E-state index contributed by atoms with van der Waals surface area (Å²) in [6.07, 6.45) is 0. The minimum absolute atomic E-state index is 0.137. The van der Waals surface area contributed by atoms with Crippen LogP contribution in [-0.4, -0.2) is 32.8 Å². The highest BCUT2D eigenvalue weighted by Crippen LogP contribution is 2.16. The number of carbonyl (C=O) groups is 1. The van der Waals surface area contributed by atoms with Crippen LogP contribution in [0.4, 0.5) is 5.95 Å². The van der Waals surface area contributed by atoms with Crippen LogP contribution >= 0.6 is 15.9 Å². The Labute approximate surface area is 111 Å². The largest absolute Gasteiger partial charge is 0.465 e. The van der Waals surface area contributed by atoms with Gasteiger partial charge in [0.2, 0.25) is 10.7 Å². The number of aryl methyl sites for hydroxylation is 1. The number of anilines is 1. The number of nitrogens with two attached hydrogens (primary N) is 1. The molecule has 0 bridgehead atoms. The second-order valence-corrected chi connectivity index (χ2v) is 4.15. The minimum Gasteiger partial charge on any atom is -0.465 e. The number of methoxy groups -OCH3 is 1. The number of hydrogen-bond donors (Lipinski definition) is 1. The molecule has 0 saturated heterocycles. The number of halogens is 1. The molecule has 0 spiro atoms. The first kappa shape index (κ1) is 12.5. The van der Waals surface area contributed by atoms with E-state index in [-0.39, 0.29) is 5.95 Å². The Balaban J connectivity index is 2.46. The molecule has 0 unspecified atom stereocenters. The summed E-state index contributed by atoms with van der Waals surface area (Å²) in [6, 6.07) is 3.26. The zero-order chi connectivity index (χ0) is 13.3. The van der Waals surface area contributed by atoms with E-state index in [4.69, 9.17) is 5.73 Å². The van der Waals surface area contributed by atoms with Crippen LogP contribution in [0.25, 0.3) is 5.82 Å². The predicted octanol–water partition coefficient (Wildman–Crippen LogP) is 1.10. The van der Waals surface area contributed by atoms with Gasteiger partial charge in [0, 0.05) is 0 Å². The Hall–Kier alpha value is -1.96. The van der Waals surface area contributed by atoms with Crippen molar-refractivity contribution >= 4 is 27.8 Å². The fourth-order valence-corrected chi connectivity index (χ4v) is 1.89. The van der Waals surface area contributed by atoms with Crippen molar-refractivity contribution in [2.24, 2.45) is 0 Å². The summed E-state index contributed by atoms with van der Waals surface area (Å²) in [5.74, 6) is 0.221. The van der Waals surface area contributed by atoms with Gasteiger partial charge in [-0.1, -0.05) is 0 Å². The van der Waals surface area contributed by atoms with Crippen molar-refractivity contribution in [3.8, 4) is 5.82 Å². The van der Waals surface area contributed by atoms with Gasteiger partial charge in [-0.3, -0.25) is 0 Å². The second kappa shape index (κ2) is 4.73. The summed E-state index contributed by atoms with van der Waals surface area (Å²) in [7, 11) is 1.32. The molecule has 0 aliphatic heterocycles. The van der Waals surface area contributed by atoms with Gasteiger partial charge in [-0.15, -0.1) is 5.10 Å². The van der Waals surface area contributed by atoms with Crippen molar-refractivity contribution in [2.45, 2.75) is 6.92 Å². The van der Waals surface area contributed by atoms with Crippen LogP contribution in [0.5, 0.6) is 0 Å². The van der Waals surface area contributed by atoms with Crippen molar-refractivity contribution in [3.05, 3.63) is 28.1 Å². The van der Waals surface area contributed by atoms with Gasteiger partial charge in [0.1, 0.15) is 0 Å². The monoisotopic (exact) mass is 311 g/mol. The molecule has 94 valence electrons. The quantitative estimate of drug-likeness (QED) is 0.834. The van der Waals surface area contributed by atoms with E-state index in [9.17, 15) is 4.79 Å². The molecular weight excluding hydrogens is 302 g/mol. The highest BCUT2D eigenvalue weighted by molar-refractivity contribution is 9.10. The SMILES string of the molecule is COC(=O)c1ccc(-n2nc(N)nc2Br)nc1C. The lowest BCUT2D eigenvalue weighted by molar-refractivity contribution is 0.0599. The van der Waals surface area contributed by atoms with E-state index in [2.05, 4.69) is 35.7 Å². The molecule has 0 aliphatic carbocycles. The molecule has 0 fully saturated rings. The summed E-state index contributed by atoms with van der Waals surface area (Å²) in [5, 5.41) is 3.97. The van der Waals surface area contributed by atoms with Crippen molar-refractivity contribution in [1.29, 1.82) is 0 Å².